The van der Waals surface area contributed by atoms with Crippen molar-refractivity contribution in [3.05, 3.63) is 54.1 Å². The summed E-state index contributed by atoms with van der Waals surface area (Å²) in [6.07, 6.45) is 4.34. The van der Waals surface area contributed by atoms with Gasteiger partial charge in [-0.15, -0.1) is 0 Å². The van der Waals surface area contributed by atoms with Gasteiger partial charge in [-0.05, 0) is 37.6 Å². The Morgan fingerprint density at radius 3 is 2.79 bits per heavy atom. The zero-order valence-electron chi connectivity index (χ0n) is 11.1. The predicted molar refractivity (Wildman–Crippen MR) is 76.0 cm³/mol. The summed E-state index contributed by atoms with van der Waals surface area (Å²) in [7, 11) is 0. The molecule has 2 rings (SSSR count). The average Bonchev–Trinajstić information content (AvgIpc) is 2.44. The van der Waals surface area contributed by atoms with Crippen LogP contribution in [0.4, 0.5) is 5.69 Å². The van der Waals surface area contributed by atoms with Gasteiger partial charge in [-0.25, -0.2) is 0 Å². The largest absolute Gasteiger partial charge is 0.396 e. The molecule has 0 fully saturated rings. The third-order valence-corrected chi connectivity index (χ3v) is 2.97. The molecule has 2 heterocycles. The number of aliphatic hydroxyl groups excluding tert-OH is 1. The Balaban J connectivity index is 1.89. The molecule has 2 aromatic heterocycles. The highest BCUT2D eigenvalue weighted by Crippen LogP contribution is 2.10. The molecular weight excluding hydrogens is 238 g/mol. The Kier molecular flexibility index (Phi) is 4.86. The summed E-state index contributed by atoms with van der Waals surface area (Å²) in [5.41, 5.74) is 3.02. The van der Waals surface area contributed by atoms with Crippen LogP contribution in [0.25, 0.3) is 0 Å². The lowest BCUT2D eigenvalue weighted by Gasteiger charge is -2.15. The number of hydrogen-bond acceptors (Lipinski definition) is 4. The monoisotopic (exact) mass is 257 g/mol. The molecule has 100 valence electrons. The van der Waals surface area contributed by atoms with Gasteiger partial charge in [0.25, 0.3) is 0 Å². The van der Waals surface area contributed by atoms with Crippen LogP contribution in [0.1, 0.15) is 11.4 Å². The fourth-order valence-corrected chi connectivity index (χ4v) is 1.93. The van der Waals surface area contributed by atoms with E-state index in [2.05, 4.69) is 15.3 Å². The number of aryl methyl sites for hydroxylation is 1. The summed E-state index contributed by atoms with van der Waals surface area (Å²) in [5.74, 6) is 0.156. The van der Waals surface area contributed by atoms with Gasteiger partial charge in [-0.3, -0.25) is 9.97 Å². The summed E-state index contributed by atoms with van der Waals surface area (Å²) in [6.45, 7) is 2.83. The van der Waals surface area contributed by atoms with Gasteiger partial charge in [-0.1, -0.05) is 6.07 Å². The zero-order valence-corrected chi connectivity index (χ0v) is 11.1. The minimum atomic E-state index is 0.146. The van der Waals surface area contributed by atoms with Crippen LogP contribution >= 0.6 is 0 Å². The van der Waals surface area contributed by atoms with E-state index in [1.807, 2.05) is 37.3 Å². The van der Waals surface area contributed by atoms with Crippen LogP contribution in [-0.2, 0) is 6.42 Å². The van der Waals surface area contributed by atoms with Crippen LogP contribution in [-0.4, -0.2) is 28.2 Å². The van der Waals surface area contributed by atoms with E-state index in [0.717, 1.165) is 30.0 Å². The molecule has 0 aromatic carbocycles. The van der Waals surface area contributed by atoms with E-state index >= 15 is 0 Å². The molecule has 0 spiro atoms. The number of nitrogens with zero attached hydrogens (tertiary/aromatic N) is 2. The van der Waals surface area contributed by atoms with E-state index in [1.165, 1.54) is 0 Å². The second kappa shape index (κ2) is 6.85. The Labute approximate surface area is 113 Å². The van der Waals surface area contributed by atoms with Crippen molar-refractivity contribution in [3.63, 3.8) is 0 Å². The second-order valence-corrected chi connectivity index (χ2v) is 4.64. The number of anilines is 1. The van der Waals surface area contributed by atoms with E-state index < -0.39 is 0 Å². The van der Waals surface area contributed by atoms with Crippen molar-refractivity contribution in [2.24, 2.45) is 5.92 Å². The molecule has 19 heavy (non-hydrogen) atoms. The number of pyridine rings is 2. The van der Waals surface area contributed by atoms with Gasteiger partial charge < -0.3 is 10.4 Å². The molecule has 0 radical (unpaired) electrons. The molecule has 0 saturated heterocycles. The van der Waals surface area contributed by atoms with Crippen molar-refractivity contribution < 1.29 is 5.11 Å². The highest BCUT2D eigenvalue weighted by atomic mass is 16.3. The van der Waals surface area contributed by atoms with E-state index in [-0.39, 0.29) is 12.5 Å². The van der Waals surface area contributed by atoms with Gasteiger partial charge in [0.15, 0.2) is 0 Å². The van der Waals surface area contributed by atoms with Gasteiger partial charge in [0, 0.05) is 48.5 Å². The lowest BCUT2D eigenvalue weighted by molar-refractivity contribution is 0.232. The second-order valence-electron chi connectivity index (χ2n) is 4.64. The maximum absolute atomic E-state index is 9.44. The predicted octanol–water partition coefficient (Wildman–Crippen LogP) is 2.05. The normalized spacial score (nSPS) is 12.1. The molecule has 1 unspecified atom stereocenters. The third kappa shape index (κ3) is 4.34. The Hall–Kier alpha value is -1.94. The number of aromatic nitrogens is 2. The van der Waals surface area contributed by atoms with Gasteiger partial charge in [0.05, 0.1) is 0 Å². The summed E-state index contributed by atoms with van der Waals surface area (Å²) >= 11 is 0. The summed E-state index contributed by atoms with van der Waals surface area (Å²) in [4.78, 5) is 8.44. The van der Waals surface area contributed by atoms with Crippen molar-refractivity contribution in [1.29, 1.82) is 0 Å². The fourth-order valence-electron chi connectivity index (χ4n) is 1.93. The maximum Gasteiger partial charge on any atom is 0.0479 e. The quantitative estimate of drug-likeness (QED) is 0.831. The van der Waals surface area contributed by atoms with E-state index in [1.54, 1.807) is 12.4 Å². The molecule has 2 aromatic rings. The van der Waals surface area contributed by atoms with E-state index in [4.69, 9.17) is 0 Å². The SMILES string of the molecule is Cc1cc(NCC(CO)Cc2ccccn2)ccn1. The van der Waals surface area contributed by atoms with Gasteiger partial charge in [0.1, 0.15) is 0 Å². The highest BCUT2D eigenvalue weighted by molar-refractivity contribution is 5.42. The molecule has 0 aliphatic heterocycles. The lowest BCUT2D eigenvalue weighted by Crippen LogP contribution is -2.20. The first-order chi connectivity index (χ1) is 9.28. The van der Waals surface area contributed by atoms with Crippen LogP contribution < -0.4 is 5.32 Å². The van der Waals surface area contributed by atoms with Crippen LogP contribution in [0.2, 0.25) is 0 Å². The van der Waals surface area contributed by atoms with Crippen LogP contribution in [0.3, 0.4) is 0 Å². The van der Waals surface area contributed by atoms with Crippen LogP contribution in [0, 0.1) is 12.8 Å². The zero-order chi connectivity index (χ0) is 13.5. The molecule has 0 amide bonds. The molecular formula is C15H19N3O. The molecule has 0 aliphatic rings. The maximum atomic E-state index is 9.44. The molecule has 0 bridgehead atoms. The van der Waals surface area contributed by atoms with Gasteiger partial charge >= 0.3 is 0 Å². The van der Waals surface area contributed by atoms with Gasteiger partial charge in [-0.2, -0.15) is 0 Å². The molecule has 0 aliphatic carbocycles. The summed E-state index contributed by atoms with van der Waals surface area (Å²) in [6, 6.07) is 9.78. The van der Waals surface area contributed by atoms with Crippen molar-refractivity contribution >= 4 is 5.69 Å². The Morgan fingerprint density at radius 2 is 2.11 bits per heavy atom. The molecule has 4 heteroatoms. The smallest absolute Gasteiger partial charge is 0.0479 e. The number of aliphatic hydroxyl groups is 1. The third-order valence-electron chi connectivity index (χ3n) is 2.97. The van der Waals surface area contributed by atoms with Crippen molar-refractivity contribution in [2.75, 3.05) is 18.5 Å². The van der Waals surface area contributed by atoms with E-state index in [9.17, 15) is 5.11 Å². The highest BCUT2D eigenvalue weighted by Gasteiger charge is 2.09. The first-order valence-corrected chi connectivity index (χ1v) is 6.45. The fraction of sp³-hybridized carbons (Fsp3) is 0.333. The number of nitrogens with one attached hydrogen (secondary N) is 1. The van der Waals surface area contributed by atoms with Crippen molar-refractivity contribution in [2.45, 2.75) is 13.3 Å². The molecule has 0 saturated carbocycles. The van der Waals surface area contributed by atoms with Gasteiger partial charge in [0.2, 0.25) is 0 Å². The van der Waals surface area contributed by atoms with Crippen molar-refractivity contribution in [3.8, 4) is 0 Å². The summed E-state index contributed by atoms with van der Waals surface area (Å²) < 4.78 is 0. The lowest BCUT2D eigenvalue weighted by atomic mass is 10.0. The Morgan fingerprint density at radius 1 is 1.21 bits per heavy atom. The molecule has 2 N–H and O–H groups in total. The van der Waals surface area contributed by atoms with Crippen molar-refractivity contribution in [1.82, 2.24) is 9.97 Å². The number of rotatable bonds is 6. The van der Waals surface area contributed by atoms with Crippen LogP contribution in [0.15, 0.2) is 42.7 Å². The first kappa shape index (κ1) is 13.5. The first-order valence-electron chi connectivity index (χ1n) is 6.45. The standard InChI is InChI=1S/C15H19N3O/c1-12-8-15(5-7-16-12)18-10-13(11-19)9-14-4-2-3-6-17-14/h2-8,13,19H,9-11H2,1H3,(H,16,18). The average molecular weight is 257 g/mol. The number of hydrogen-bond donors (Lipinski definition) is 2. The minimum Gasteiger partial charge on any atom is -0.396 e. The topological polar surface area (TPSA) is 58.0 Å². The molecule has 4 nitrogen and oxygen atoms in total. The minimum absolute atomic E-state index is 0.146. The van der Waals surface area contributed by atoms with Crippen LogP contribution in [0.5, 0.6) is 0 Å². The van der Waals surface area contributed by atoms with E-state index in [0.29, 0.717) is 0 Å². The molecule has 1 atom stereocenters. The Bertz CT molecular complexity index is 502. The summed E-state index contributed by atoms with van der Waals surface area (Å²) in [5, 5.41) is 12.8.